The van der Waals surface area contributed by atoms with Gasteiger partial charge in [0.05, 0.1) is 11.7 Å². The van der Waals surface area contributed by atoms with Crippen molar-refractivity contribution in [3.63, 3.8) is 0 Å². The Hall–Kier alpha value is -1.61. The van der Waals surface area contributed by atoms with Crippen LogP contribution in [0.15, 0.2) is 41.5 Å². The van der Waals surface area contributed by atoms with Crippen molar-refractivity contribution in [1.82, 2.24) is 24.9 Å². The molecule has 30 heavy (non-hydrogen) atoms. The number of aromatic nitrogens is 2. The van der Waals surface area contributed by atoms with Gasteiger partial charge >= 0.3 is 0 Å². The Labute approximate surface area is 198 Å². The lowest BCUT2D eigenvalue weighted by molar-refractivity contribution is 0.244. The quantitative estimate of drug-likeness (QED) is 0.338. The van der Waals surface area contributed by atoms with Crippen molar-refractivity contribution < 1.29 is 0 Å². The van der Waals surface area contributed by atoms with Gasteiger partial charge in [-0.2, -0.15) is 5.10 Å². The van der Waals surface area contributed by atoms with E-state index >= 15 is 0 Å². The van der Waals surface area contributed by atoms with Crippen molar-refractivity contribution in [2.24, 2.45) is 12.0 Å². The molecule has 0 spiro atoms. The molecular formula is C23H37IN6. The standard InChI is InChI=1S/C23H36N6.HI/c1-18(2)22-20(17-28(5)26-22)16-27(4)23(24-3)25-15-21(29-13-9-10-14-29)19-11-7-6-8-12-19;/h6-8,11-12,17-18,21H,9-10,13-16H2,1-5H3,(H,24,25);1H. The van der Waals surface area contributed by atoms with Crippen LogP contribution in [0.25, 0.3) is 0 Å². The van der Waals surface area contributed by atoms with E-state index in [1.807, 2.05) is 18.8 Å². The van der Waals surface area contributed by atoms with Crippen molar-refractivity contribution in [2.75, 3.05) is 33.7 Å². The minimum atomic E-state index is 0. The summed E-state index contributed by atoms with van der Waals surface area (Å²) in [6.07, 6.45) is 4.70. The molecule has 0 saturated carbocycles. The molecule has 1 atom stereocenters. The summed E-state index contributed by atoms with van der Waals surface area (Å²) >= 11 is 0. The van der Waals surface area contributed by atoms with E-state index < -0.39 is 0 Å². The second kappa shape index (κ2) is 11.7. The van der Waals surface area contributed by atoms with E-state index in [4.69, 9.17) is 0 Å². The average molecular weight is 524 g/mol. The topological polar surface area (TPSA) is 48.7 Å². The molecular weight excluding hydrogens is 487 g/mol. The molecule has 7 heteroatoms. The van der Waals surface area contributed by atoms with E-state index in [1.165, 1.54) is 37.1 Å². The van der Waals surface area contributed by atoms with Crippen molar-refractivity contribution in [2.45, 2.75) is 45.2 Å². The van der Waals surface area contributed by atoms with Gasteiger partial charge < -0.3 is 10.2 Å². The number of hydrogen-bond acceptors (Lipinski definition) is 3. The van der Waals surface area contributed by atoms with Crippen LogP contribution >= 0.6 is 24.0 Å². The molecule has 2 aromatic rings. The molecule has 2 heterocycles. The number of hydrogen-bond donors (Lipinski definition) is 1. The van der Waals surface area contributed by atoms with Crippen LogP contribution in [-0.4, -0.2) is 59.3 Å². The summed E-state index contributed by atoms with van der Waals surface area (Å²) in [5.74, 6) is 1.33. The Morgan fingerprint density at radius 3 is 2.47 bits per heavy atom. The normalized spacial score (nSPS) is 15.9. The molecule has 0 amide bonds. The maximum Gasteiger partial charge on any atom is 0.193 e. The van der Waals surface area contributed by atoms with Crippen LogP contribution in [0.3, 0.4) is 0 Å². The number of benzene rings is 1. The summed E-state index contributed by atoms with van der Waals surface area (Å²) in [6.45, 7) is 8.37. The Kier molecular flexibility index (Phi) is 9.61. The third-order valence-electron chi connectivity index (χ3n) is 5.68. The SMILES string of the molecule is CN=C(NCC(c1ccccc1)N1CCCC1)N(C)Cc1cn(C)nc1C(C)C.I. The smallest absolute Gasteiger partial charge is 0.193 e. The molecule has 6 nitrogen and oxygen atoms in total. The number of nitrogens with one attached hydrogen (secondary N) is 1. The van der Waals surface area contributed by atoms with Crippen molar-refractivity contribution in [3.8, 4) is 0 Å². The second-order valence-corrected chi connectivity index (χ2v) is 8.32. The van der Waals surface area contributed by atoms with Crippen LogP contribution in [0.2, 0.25) is 0 Å². The van der Waals surface area contributed by atoms with Gasteiger partial charge in [0.1, 0.15) is 0 Å². The van der Waals surface area contributed by atoms with Crippen LogP contribution in [0, 0.1) is 0 Å². The fourth-order valence-electron chi connectivity index (χ4n) is 4.25. The predicted molar refractivity (Wildman–Crippen MR) is 136 cm³/mol. The van der Waals surface area contributed by atoms with Gasteiger partial charge in [0, 0.05) is 46.0 Å². The molecule has 3 rings (SSSR count). The predicted octanol–water partition coefficient (Wildman–Crippen LogP) is 4.01. The first-order chi connectivity index (χ1) is 14.0. The Bertz CT molecular complexity index is 795. The van der Waals surface area contributed by atoms with Gasteiger partial charge in [-0.1, -0.05) is 44.2 Å². The summed E-state index contributed by atoms with van der Waals surface area (Å²) in [5, 5.41) is 8.27. The van der Waals surface area contributed by atoms with Gasteiger partial charge in [-0.3, -0.25) is 14.6 Å². The highest BCUT2D eigenvalue weighted by molar-refractivity contribution is 14.0. The summed E-state index contributed by atoms with van der Waals surface area (Å²) in [4.78, 5) is 9.32. The fraction of sp³-hybridized carbons (Fsp3) is 0.565. The van der Waals surface area contributed by atoms with Crippen molar-refractivity contribution in [3.05, 3.63) is 53.3 Å². The van der Waals surface area contributed by atoms with Gasteiger partial charge in [0.25, 0.3) is 0 Å². The summed E-state index contributed by atoms with van der Waals surface area (Å²) in [6, 6.07) is 11.2. The molecule has 0 bridgehead atoms. The molecule has 0 aliphatic carbocycles. The van der Waals surface area contributed by atoms with Gasteiger partial charge in [-0.05, 0) is 37.4 Å². The van der Waals surface area contributed by atoms with Gasteiger partial charge in [-0.15, -0.1) is 24.0 Å². The Morgan fingerprint density at radius 2 is 1.87 bits per heavy atom. The van der Waals surface area contributed by atoms with Crippen LogP contribution in [0.5, 0.6) is 0 Å². The van der Waals surface area contributed by atoms with E-state index in [1.54, 1.807) is 0 Å². The zero-order chi connectivity index (χ0) is 20.8. The number of aryl methyl sites for hydroxylation is 1. The minimum absolute atomic E-state index is 0. The Morgan fingerprint density at radius 1 is 1.20 bits per heavy atom. The van der Waals surface area contributed by atoms with E-state index in [0.717, 1.165) is 24.7 Å². The fourth-order valence-corrected chi connectivity index (χ4v) is 4.25. The van der Waals surface area contributed by atoms with E-state index in [0.29, 0.717) is 12.0 Å². The third kappa shape index (κ3) is 6.20. The molecule has 1 saturated heterocycles. The number of guanidine groups is 1. The number of nitrogens with zero attached hydrogens (tertiary/aromatic N) is 5. The van der Waals surface area contributed by atoms with E-state index in [2.05, 4.69) is 82.6 Å². The summed E-state index contributed by atoms with van der Waals surface area (Å²) in [7, 11) is 5.95. The lowest BCUT2D eigenvalue weighted by Crippen LogP contribution is -2.43. The largest absolute Gasteiger partial charge is 0.354 e. The van der Waals surface area contributed by atoms with Crippen LogP contribution in [0.1, 0.15) is 55.5 Å². The number of likely N-dealkylation sites (tertiary alicyclic amines) is 1. The second-order valence-electron chi connectivity index (χ2n) is 8.32. The molecule has 0 radical (unpaired) electrons. The zero-order valence-electron chi connectivity index (χ0n) is 19.0. The van der Waals surface area contributed by atoms with Gasteiger partial charge in [0.2, 0.25) is 0 Å². The molecule has 166 valence electrons. The van der Waals surface area contributed by atoms with Crippen LogP contribution < -0.4 is 5.32 Å². The molecule has 1 aliphatic rings. The van der Waals surface area contributed by atoms with E-state index in [-0.39, 0.29) is 24.0 Å². The van der Waals surface area contributed by atoms with Gasteiger partial charge in [0.15, 0.2) is 5.96 Å². The lowest BCUT2D eigenvalue weighted by atomic mass is 10.1. The van der Waals surface area contributed by atoms with E-state index in [9.17, 15) is 0 Å². The highest BCUT2D eigenvalue weighted by Gasteiger charge is 2.24. The average Bonchev–Trinajstić information content (AvgIpc) is 3.36. The van der Waals surface area contributed by atoms with Gasteiger partial charge in [-0.25, -0.2) is 0 Å². The third-order valence-corrected chi connectivity index (χ3v) is 5.68. The monoisotopic (exact) mass is 524 g/mol. The maximum absolute atomic E-state index is 4.64. The number of rotatable bonds is 7. The first kappa shape index (κ1) is 24.7. The van der Waals surface area contributed by atoms with Crippen LogP contribution in [0.4, 0.5) is 0 Å². The summed E-state index contributed by atoms with van der Waals surface area (Å²) in [5.41, 5.74) is 3.79. The Balaban J connectivity index is 0.00000320. The molecule has 1 aromatic heterocycles. The maximum atomic E-state index is 4.64. The first-order valence-corrected chi connectivity index (χ1v) is 10.7. The first-order valence-electron chi connectivity index (χ1n) is 10.7. The van der Waals surface area contributed by atoms with Crippen molar-refractivity contribution in [1.29, 1.82) is 0 Å². The highest BCUT2D eigenvalue weighted by Crippen LogP contribution is 2.24. The minimum Gasteiger partial charge on any atom is -0.354 e. The number of halogens is 1. The molecule has 1 fully saturated rings. The molecule has 1 aliphatic heterocycles. The highest BCUT2D eigenvalue weighted by atomic mass is 127. The van der Waals surface area contributed by atoms with Crippen molar-refractivity contribution >= 4 is 29.9 Å². The molecule has 1 N–H and O–H groups in total. The molecule has 1 aromatic carbocycles. The van der Waals surface area contributed by atoms with Crippen LogP contribution in [-0.2, 0) is 13.6 Å². The molecule has 1 unspecified atom stereocenters. The zero-order valence-corrected chi connectivity index (χ0v) is 21.3. The summed E-state index contributed by atoms with van der Waals surface area (Å²) < 4.78 is 1.91. The lowest BCUT2D eigenvalue weighted by Gasteiger charge is -2.30. The number of aliphatic imine (C=N–C) groups is 1.